The molecule has 0 aromatic rings. The molecule has 1 fully saturated rings. The highest BCUT2D eigenvalue weighted by Crippen LogP contribution is 2.18. The van der Waals surface area contributed by atoms with Crippen molar-refractivity contribution < 1.29 is 8.78 Å². The molecule has 1 saturated heterocycles. The van der Waals surface area contributed by atoms with E-state index in [1.165, 1.54) is 0 Å². The maximum Gasteiger partial charge on any atom is 0.246 e. The van der Waals surface area contributed by atoms with Crippen molar-refractivity contribution in [1.29, 1.82) is 0 Å². The van der Waals surface area contributed by atoms with Crippen LogP contribution >= 0.6 is 0 Å². The Labute approximate surface area is 78.3 Å². The Hall–Kier alpha value is -0.220. The standard InChI is InChI=1S/C9H18F2N2/c1-8-7-12-4-6-13(8)5-3-9(2,10)11/h8,12H,3-7H2,1-2H3. The van der Waals surface area contributed by atoms with Crippen LogP contribution in [0.2, 0.25) is 0 Å². The van der Waals surface area contributed by atoms with Crippen molar-refractivity contribution in [1.82, 2.24) is 10.2 Å². The second kappa shape index (κ2) is 4.33. The third kappa shape index (κ3) is 4.00. The van der Waals surface area contributed by atoms with Crippen LogP contribution in [0.3, 0.4) is 0 Å². The molecule has 4 heteroatoms. The summed E-state index contributed by atoms with van der Waals surface area (Å²) in [5, 5.41) is 3.23. The first-order chi connectivity index (χ1) is 5.99. The SMILES string of the molecule is CC1CNCCN1CCC(C)(F)F. The molecule has 0 amide bonds. The highest BCUT2D eigenvalue weighted by Gasteiger charge is 2.24. The van der Waals surface area contributed by atoms with Crippen LogP contribution in [0.15, 0.2) is 0 Å². The minimum atomic E-state index is -2.52. The van der Waals surface area contributed by atoms with Crippen LogP contribution in [0.25, 0.3) is 0 Å². The Morgan fingerprint density at radius 3 is 2.77 bits per heavy atom. The first-order valence-corrected chi connectivity index (χ1v) is 4.81. The van der Waals surface area contributed by atoms with Gasteiger partial charge in [0.1, 0.15) is 0 Å². The lowest BCUT2D eigenvalue weighted by atomic mass is 10.2. The first-order valence-electron chi connectivity index (χ1n) is 4.81. The number of nitrogens with one attached hydrogen (secondary N) is 1. The maximum atomic E-state index is 12.6. The summed E-state index contributed by atoms with van der Waals surface area (Å²) in [5.74, 6) is -2.52. The lowest BCUT2D eigenvalue weighted by Gasteiger charge is -2.34. The molecular formula is C9H18F2N2. The number of piperazine rings is 1. The summed E-state index contributed by atoms with van der Waals surface area (Å²) in [6, 6.07) is 0.385. The van der Waals surface area contributed by atoms with E-state index in [0.29, 0.717) is 12.6 Å². The Morgan fingerprint density at radius 2 is 2.23 bits per heavy atom. The molecule has 0 aromatic carbocycles. The first kappa shape index (κ1) is 10.9. The molecule has 1 N–H and O–H groups in total. The average Bonchev–Trinajstić information content (AvgIpc) is 2.01. The van der Waals surface area contributed by atoms with Crippen LogP contribution in [-0.4, -0.2) is 43.0 Å². The highest BCUT2D eigenvalue weighted by molar-refractivity contribution is 4.77. The van der Waals surface area contributed by atoms with Crippen molar-refractivity contribution in [3.8, 4) is 0 Å². The fourth-order valence-electron chi connectivity index (χ4n) is 1.56. The molecular weight excluding hydrogens is 174 g/mol. The fourth-order valence-corrected chi connectivity index (χ4v) is 1.56. The summed E-state index contributed by atoms with van der Waals surface area (Å²) in [7, 11) is 0. The van der Waals surface area contributed by atoms with Gasteiger partial charge >= 0.3 is 0 Å². The van der Waals surface area contributed by atoms with Crippen molar-refractivity contribution in [3.05, 3.63) is 0 Å². The Morgan fingerprint density at radius 1 is 1.54 bits per heavy atom. The lowest BCUT2D eigenvalue weighted by Crippen LogP contribution is -2.50. The molecule has 13 heavy (non-hydrogen) atoms. The fraction of sp³-hybridized carbons (Fsp3) is 1.00. The van der Waals surface area contributed by atoms with Gasteiger partial charge in [0.25, 0.3) is 0 Å². The molecule has 1 heterocycles. The third-order valence-electron chi connectivity index (χ3n) is 2.48. The number of halogens is 2. The van der Waals surface area contributed by atoms with Gasteiger partial charge in [-0.15, -0.1) is 0 Å². The van der Waals surface area contributed by atoms with Crippen LogP contribution < -0.4 is 5.32 Å². The van der Waals surface area contributed by atoms with E-state index in [0.717, 1.165) is 26.6 Å². The van der Waals surface area contributed by atoms with Crippen LogP contribution in [0.4, 0.5) is 8.78 Å². The van der Waals surface area contributed by atoms with Crippen LogP contribution in [0, 0.1) is 0 Å². The monoisotopic (exact) mass is 192 g/mol. The molecule has 2 nitrogen and oxygen atoms in total. The van der Waals surface area contributed by atoms with Crippen LogP contribution in [-0.2, 0) is 0 Å². The summed E-state index contributed by atoms with van der Waals surface area (Å²) in [6.07, 6.45) is -0.0304. The molecule has 0 aromatic heterocycles. The van der Waals surface area contributed by atoms with E-state index in [2.05, 4.69) is 17.1 Å². The lowest BCUT2D eigenvalue weighted by molar-refractivity contribution is -0.00195. The van der Waals surface area contributed by atoms with Crippen molar-refractivity contribution in [2.75, 3.05) is 26.2 Å². The van der Waals surface area contributed by atoms with Crippen LogP contribution in [0.1, 0.15) is 20.3 Å². The summed E-state index contributed by atoms with van der Waals surface area (Å²) < 4.78 is 25.1. The van der Waals surface area contributed by atoms with Gasteiger partial charge in [-0.05, 0) is 13.8 Å². The van der Waals surface area contributed by atoms with Crippen LogP contribution in [0.5, 0.6) is 0 Å². The molecule has 0 aliphatic carbocycles. The number of hydrogen-bond donors (Lipinski definition) is 1. The van der Waals surface area contributed by atoms with E-state index in [1.807, 2.05) is 0 Å². The molecule has 1 unspecified atom stereocenters. The molecule has 0 radical (unpaired) electrons. The summed E-state index contributed by atoms with van der Waals surface area (Å²) in [5.41, 5.74) is 0. The average molecular weight is 192 g/mol. The number of nitrogens with zero attached hydrogens (tertiary/aromatic N) is 1. The highest BCUT2D eigenvalue weighted by atomic mass is 19.3. The minimum Gasteiger partial charge on any atom is -0.314 e. The molecule has 0 bridgehead atoms. The van der Waals surface area contributed by atoms with E-state index in [-0.39, 0.29) is 6.42 Å². The molecule has 1 rings (SSSR count). The normalized spacial score (nSPS) is 26.3. The van der Waals surface area contributed by atoms with Crippen molar-refractivity contribution in [2.24, 2.45) is 0 Å². The van der Waals surface area contributed by atoms with Gasteiger partial charge in [0, 0.05) is 38.6 Å². The quantitative estimate of drug-likeness (QED) is 0.725. The zero-order valence-electron chi connectivity index (χ0n) is 8.32. The zero-order valence-corrected chi connectivity index (χ0v) is 8.32. The largest absolute Gasteiger partial charge is 0.314 e. The number of rotatable bonds is 3. The third-order valence-corrected chi connectivity index (χ3v) is 2.48. The van der Waals surface area contributed by atoms with Crippen molar-refractivity contribution in [3.63, 3.8) is 0 Å². The molecule has 1 aliphatic rings. The summed E-state index contributed by atoms with van der Waals surface area (Å²) >= 11 is 0. The smallest absolute Gasteiger partial charge is 0.246 e. The van der Waals surface area contributed by atoms with E-state index in [4.69, 9.17) is 0 Å². The summed E-state index contributed by atoms with van der Waals surface area (Å²) in [4.78, 5) is 2.12. The predicted octanol–water partition coefficient (Wildman–Crippen LogP) is 1.33. The van der Waals surface area contributed by atoms with E-state index in [9.17, 15) is 8.78 Å². The van der Waals surface area contributed by atoms with Gasteiger partial charge in [-0.3, -0.25) is 4.90 Å². The number of hydrogen-bond acceptors (Lipinski definition) is 2. The second-order valence-corrected chi connectivity index (χ2v) is 3.91. The molecule has 0 saturated carbocycles. The zero-order chi connectivity index (χ0) is 9.90. The van der Waals surface area contributed by atoms with E-state index in [1.54, 1.807) is 0 Å². The van der Waals surface area contributed by atoms with Gasteiger partial charge in [0.05, 0.1) is 0 Å². The van der Waals surface area contributed by atoms with Crippen molar-refractivity contribution >= 4 is 0 Å². The number of alkyl halides is 2. The van der Waals surface area contributed by atoms with Gasteiger partial charge in [-0.2, -0.15) is 0 Å². The van der Waals surface area contributed by atoms with Gasteiger partial charge in [0.15, 0.2) is 0 Å². The van der Waals surface area contributed by atoms with Gasteiger partial charge < -0.3 is 5.32 Å². The van der Waals surface area contributed by atoms with Gasteiger partial charge in [-0.25, -0.2) is 8.78 Å². The molecule has 1 aliphatic heterocycles. The van der Waals surface area contributed by atoms with E-state index >= 15 is 0 Å². The van der Waals surface area contributed by atoms with Crippen molar-refractivity contribution in [2.45, 2.75) is 32.2 Å². The topological polar surface area (TPSA) is 15.3 Å². The van der Waals surface area contributed by atoms with Gasteiger partial charge in [-0.1, -0.05) is 0 Å². The maximum absolute atomic E-state index is 12.6. The molecule has 78 valence electrons. The van der Waals surface area contributed by atoms with Gasteiger partial charge in [0.2, 0.25) is 5.92 Å². The Balaban J connectivity index is 2.27. The molecule has 0 spiro atoms. The minimum absolute atomic E-state index is 0.0304. The predicted molar refractivity (Wildman–Crippen MR) is 49.1 cm³/mol. The summed E-state index contributed by atoms with van der Waals surface area (Å²) in [6.45, 7) is 6.28. The molecule has 1 atom stereocenters. The second-order valence-electron chi connectivity index (χ2n) is 3.91. The Kier molecular flexibility index (Phi) is 3.62. The van der Waals surface area contributed by atoms with E-state index < -0.39 is 5.92 Å². The Bertz CT molecular complexity index is 156.